The van der Waals surface area contributed by atoms with Gasteiger partial charge in [-0.1, -0.05) is 17.7 Å². The van der Waals surface area contributed by atoms with Crippen molar-refractivity contribution in [2.75, 3.05) is 10.6 Å². The first-order chi connectivity index (χ1) is 9.04. The van der Waals surface area contributed by atoms with Gasteiger partial charge in [0.2, 0.25) is 5.95 Å². The van der Waals surface area contributed by atoms with E-state index in [1.54, 1.807) is 6.20 Å². The molecule has 1 aromatic carbocycles. The highest BCUT2D eigenvalue weighted by atomic mass is 35.5. The van der Waals surface area contributed by atoms with E-state index in [-0.39, 0.29) is 0 Å². The first kappa shape index (κ1) is 13.7. The monoisotopic (exact) mass is 292 g/mol. The summed E-state index contributed by atoms with van der Waals surface area (Å²) in [5, 5.41) is 7.09. The van der Waals surface area contributed by atoms with Crippen LogP contribution in [0.2, 0.25) is 5.02 Å². The van der Waals surface area contributed by atoms with Crippen LogP contribution < -0.4 is 10.6 Å². The molecular weight excluding hydrogens is 280 g/mol. The Morgan fingerprint density at radius 3 is 2.74 bits per heavy atom. The predicted octanol–water partition coefficient (Wildman–Crippen LogP) is 3.56. The number of hydrogen-bond acceptors (Lipinski definition) is 3. The molecule has 2 N–H and O–H groups in total. The minimum atomic E-state index is 0.427. The smallest absolute Gasteiger partial charge is 0.229 e. The summed E-state index contributed by atoms with van der Waals surface area (Å²) in [6, 6.07) is 7.41. The van der Waals surface area contributed by atoms with Crippen molar-refractivity contribution in [3.8, 4) is 0 Å². The summed E-state index contributed by atoms with van der Waals surface area (Å²) in [6.07, 6.45) is 1.68. The third-order valence-corrected chi connectivity index (χ3v) is 2.91. The minimum Gasteiger partial charge on any atom is -0.332 e. The SMILES string of the molecule is Cc1ccnc(NC(=S)Nc2cc(Cl)ccc2C)n1. The molecule has 4 nitrogen and oxygen atoms in total. The molecule has 2 rings (SSSR count). The lowest BCUT2D eigenvalue weighted by atomic mass is 10.2. The molecule has 0 aliphatic heterocycles. The Morgan fingerprint density at radius 1 is 1.21 bits per heavy atom. The second-order valence-corrected chi connectivity index (χ2v) is 4.90. The van der Waals surface area contributed by atoms with Crippen molar-refractivity contribution in [3.05, 3.63) is 46.7 Å². The average Bonchev–Trinajstić information content (AvgIpc) is 2.34. The molecule has 0 radical (unpaired) electrons. The molecule has 0 saturated carbocycles. The first-order valence-electron chi connectivity index (χ1n) is 5.68. The van der Waals surface area contributed by atoms with Gasteiger partial charge in [-0.2, -0.15) is 0 Å². The molecule has 0 amide bonds. The van der Waals surface area contributed by atoms with Crippen LogP contribution in [0.4, 0.5) is 11.6 Å². The lowest BCUT2D eigenvalue weighted by Crippen LogP contribution is -2.21. The van der Waals surface area contributed by atoms with E-state index in [1.807, 2.05) is 38.1 Å². The number of nitrogens with one attached hydrogen (secondary N) is 2. The molecule has 0 aliphatic carbocycles. The van der Waals surface area contributed by atoms with Crippen LogP contribution in [-0.4, -0.2) is 15.1 Å². The van der Waals surface area contributed by atoms with Gasteiger partial charge in [0, 0.05) is 22.6 Å². The highest BCUT2D eigenvalue weighted by Crippen LogP contribution is 2.20. The molecule has 1 heterocycles. The summed E-state index contributed by atoms with van der Waals surface area (Å²) >= 11 is 11.2. The van der Waals surface area contributed by atoms with Crippen LogP contribution in [0.25, 0.3) is 0 Å². The Balaban J connectivity index is 2.07. The van der Waals surface area contributed by atoms with Gasteiger partial charge in [0.05, 0.1) is 0 Å². The third-order valence-electron chi connectivity index (χ3n) is 2.47. The number of rotatable bonds is 2. The van der Waals surface area contributed by atoms with Crippen LogP contribution in [0, 0.1) is 13.8 Å². The average molecular weight is 293 g/mol. The number of aryl methyl sites for hydroxylation is 2. The predicted molar refractivity (Wildman–Crippen MR) is 82.8 cm³/mol. The molecule has 2 aromatic rings. The Morgan fingerprint density at radius 2 is 2.00 bits per heavy atom. The molecule has 0 unspecified atom stereocenters. The number of nitrogens with zero attached hydrogens (tertiary/aromatic N) is 2. The fraction of sp³-hybridized carbons (Fsp3) is 0.154. The first-order valence-corrected chi connectivity index (χ1v) is 6.47. The van der Waals surface area contributed by atoms with E-state index in [1.165, 1.54) is 0 Å². The number of hydrogen-bond donors (Lipinski definition) is 2. The molecular formula is C13H13ClN4S. The van der Waals surface area contributed by atoms with Crippen LogP contribution in [-0.2, 0) is 0 Å². The molecule has 1 aromatic heterocycles. The third kappa shape index (κ3) is 3.87. The Kier molecular flexibility index (Phi) is 4.29. The molecule has 19 heavy (non-hydrogen) atoms. The summed E-state index contributed by atoms with van der Waals surface area (Å²) in [5.74, 6) is 0.470. The lowest BCUT2D eigenvalue weighted by molar-refractivity contribution is 1.11. The minimum absolute atomic E-state index is 0.427. The number of thiocarbonyl (C=S) groups is 1. The number of halogens is 1. The number of anilines is 2. The summed E-state index contributed by atoms with van der Waals surface area (Å²) in [6.45, 7) is 3.87. The maximum atomic E-state index is 5.95. The van der Waals surface area contributed by atoms with Gasteiger partial charge >= 0.3 is 0 Å². The quantitative estimate of drug-likeness (QED) is 0.829. The maximum Gasteiger partial charge on any atom is 0.229 e. The summed E-state index contributed by atoms with van der Waals surface area (Å²) in [4.78, 5) is 8.30. The van der Waals surface area contributed by atoms with Crippen molar-refractivity contribution in [1.29, 1.82) is 0 Å². The van der Waals surface area contributed by atoms with E-state index >= 15 is 0 Å². The Bertz CT molecular complexity index is 615. The highest BCUT2D eigenvalue weighted by molar-refractivity contribution is 7.80. The van der Waals surface area contributed by atoms with Gasteiger partial charge < -0.3 is 10.6 Å². The molecule has 0 fully saturated rings. The van der Waals surface area contributed by atoms with E-state index in [4.69, 9.17) is 23.8 Å². The van der Waals surface area contributed by atoms with E-state index in [9.17, 15) is 0 Å². The van der Waals surface area contributed by atoms with Crippen molar-refractivity contribution in [1.82, 2.24) is 9.97 Å². The summed E-state index contributed by atoms with van der Waals surface area (Å²) in [7, 11) is 0. The van der Waals surface area contributed by atoms with Crippen LogP contribution in [0.15, 0.2) is 30.5 Å². The zero-order valence-electron chi connectivity index (χ0n) is 10.6. The van der Waals surface area contributed by atoms with Gasteiger partial charge in [-0.05, 0) is 49.8 Å². The molecule has 0 aliphatic rings. The van der Waals surface area contributed by atoms with Gasteiger partial charge in [0.25, 0.3) is 0 Å². The van der Waals surface area contributed by atoms with Crippen molar-refractivity contribution in [2.24, 2.45) is 0 Å². The zero-order chi connectivity index (χ0) is 13.8. The van der Waals surface area contributed by atoms with E-state index in [0.717, 1.165) is 16.9 Å². The van der Waals surface area contributed by atoms with Crippen LogP contribution in [0.1, 0.15) is 11.3 Å². The molecule has 0 atom stereocenters. The molecule has 0 spiro atoms. The number of aromatic nitrogens is 2. The van der Waals surface area contributed by atoms with Crippen LogP contribution in [0.5, 0.6) is 0 Å². The second-order valence-electron chi connectivity index (χ2n) is 4.06. The van der Waals surface area contributed by atoms with E-state index < -0.39 is 0 Å². The van der Waals surface area contributed by atoms with Gasteiger partial charge in [-0.15, -0.1) is 0 Å². The van der Waals surface area contributed by atoms with Crippen LogP contribution in [0.3, 0.4) is 0 Å². The van der Waals surface area contributed by atoms with Crippen molar-refractivity contribution < 1.29 is 0 Å². The van der Waals surface area contributed by atoms with Crippen molar-refractivity contribution in [2.45, 2.75) is 13.8 Å². The summed E-state index contributed by atoms with van der Waals surface area (Å²) < 4.78 is 0. The fourth-order valence-electron chi connectivity index (χ4n) is 1.49. The Hall–Kier alpha value is -1.72. The standard InChI is InChI=1S/C13H13ClN4S/c1-8-3-4-10(14)7-11(8)17-13(19)18-12-15-6-5-9(2)16-12/h3-7H,1-2H3,(H2,15,16,17,18,19). The normalized spacial score (nSPS) is 10.1. The zero-order valence-corrected chi connectivity index (χ0v) is 12.1. The van der Waals surface area contributed by atoms with Gasteiger partial charge in [0.15, 0.2) is 5.11 Å². The number of benzene rings is 1. The van der Waals surface area contributed by atoms with Crippen molar-refractivity contribution >= 4 is 40.6 Å². The van der Waals surface area contributed by atoms with Gasteiger partial charge in [0.1, 0.15) is 0 Å². The van der Waals surface area contributed by atoms with E-state index in [0.29, 0.717) is 16.1 Å². The highest BCUT2D eigenvalue weighted by Gasteiger charge is 2.04. The molecule has 0 saturated heterocycles. The largest absolute Gasteiger partial charge is 0.332 e. The summed E-state index contributed by atoms with van der Waals surface area (Å²) in [5.41, 5.74) is 2.79. The molecule has 0 bridgehead atoms. The van der Waals surface area contributed by atoms with Gasteiger partial charge in [-0.25, -0.2) is 9.97 Å². The molecule has 6 heteroatoms. The van der Waals surface area contributed by atoms with Gasteiger partial charge in [-0.3, -0.25) is 0 Å². The molecule has 98 valence electrons. The second kappa shape index (κ2) is 5.95. The van der Waals surface area contributed by atoms with Crippen LogP contribution >= 0.6 is 23.8 Å². The fourth-order valence-corrected chi connectivity index (χ4v) is 1.87. The maximum absolute atomic E-state index is 5.95. The topological polar surface area (TPSA) is 49.8 Å². The van der Waals surface area contributed by atoms with E-state index in [2.05, 4.69) is 20.6 Å². The Labute approximate surface area is 122 Å². The lowest BCUT2D eigenvalue weighted by Gasteiger charge is -2.11. The van der Waals surface area contributed by atoms with Crippen molar-refractivity contribution in [3.63, 3.8) is 0 Å².